The predicted octanol–water partition coefficient (Wildman–Crippen LogP) is 2.11. The predicted molar refractivity (Wildman–Crippen MR) is 121 cm³/mol. The summed E-state index contributed by atoms with van der Waals surface area (Å²) in [5.74, 6) is 0.220. The molecule has 4 rings (SSSR count). The summed E-state index contributed by atoms with van der Waals surface area (Å²) in [7, 11) is -8.74. The number of hydrogen-bond donors (Lipinski definition) is 2. The average Bonchev–Trinajstić information content (AvgIpc) is 2.78. The number of hydrogen-bond acceptors (Lipinski definition) is 8. The molecule has 35 heavy (non-hydrogen) atoms. The number of benzene rings is 2. The summed E-state index contributed by atoms with van der Waals surface area (Å²) in [4.78, 5) is 8.17. The van der Waals surface area contributed by atoms with Crippen LogP contribution in [0.15, 0.2) is 82.7 Å². The number of aromatic nitrogens is 4. The van der Waals surface area contributed by atoms with Gasteiger partial charge in [-0.15, -0.1) is 10.2 Å². The van der Waals surface area contributed by atoms with Gasteiger partial charge in [-0.2, -0.15) is 16.8 Å². The maximum atomic E-state index is 11.4. The van der Waals surface area contributed by atoms with Gasteiger partial charge in [0.15, 0.2) is 0 Å². The Kier molecular flexibility index (Phi) is 11.4. The van der Waals surface area contributed by atoms with Gasteiger partial charge in [-0.25, -0.2) is 4.98 Å². The molecule has 2 aromatic carbocycles. The Balaban J connectivity index is 0.00000204. The van der Waals surface area contributed by atoms with Crippen molar-refractivity contribution < 1.29 is 60.1 Å². The summed E-state index contributed by atoms with van der Waals surface area (Å²) in [5.41, 5.74) is 1.99. The van der Waals surface area contributed by atoms with Crippen LogP contribution in [0.1, 0.15) is 0 Å². The van der Waals surface area contributed by atoms with Gasteiger partial charge in [-0.1, -0.05) is 30.3 Å². The summed E-state index contributed by atoms with van der Waals surface area (Å²) in [5, 5.41) is 8.34. The van der Waals surface area contributed by atoms with Gasteiger partial charge >= 0.3 is 29.6 Å². The first-order chi connectivity index (χ1) is 15.1. The monoisotopic (exact) mass is 606 g/mol. The first-order valence-electron chi connectivity index (χ1n) is 8.95. The van der Waals surface area contributed by atoms with Crippen LogP contribution in [0.2, 0.25) is 0 Å². The zero-order valence-corrected chi connectivity index (χ0v) is 20.6. The van der Waals surface area contributed by atoms with E-state index in [1.165, 1.54) is 48.5 Å². The van der Waals surface area contributed by atoms with Crippen molar-refractivity contribution in [2.75, 3.05) is 0 Å². The standard InChI is InChI=1S/C20H14N4O6S2.2Fe.Na.H/c25-31(26,27)15-8-4-13(5-9-15)18-19(14-6-10-16(11-7-14)32(28,29)30)23-24-20(22-18)17-3-1-2-12-21-17;;;;/h1-12H,(H,25,26,27)(H,28,29,30);;;;. The molecule has 0 unspecified atom stereocenters. The number of pyridine rings is 1. The molecule has 0 aliphatic rings. The van der Waals surface area contributed by atoms with Crippen LogP contribution in [0.3, 0.4) is 0 Å². The Morgan fingerprint density at radius 1 is 0.629 bits per heavy atom. The van der Waals surface area contributed by atoms with Crippen LogP contribution in [-0.2, 0) is 54.4 Å². The van der Waals surface area contributed by atoms with E-state index in [4.69, 9.17) is 0 Å². The van der Waals surface area contributed by atoms with Gasteiger partial charge in [-0.3, -0.25) is 14.1 Å². The molecule has 0 atom stereocenters. The summed E-state index contributed by atoms with van der Waals surface area (Å²) >= 11 is 0. The molecule has 0 spiro atoms. The van der Waals surface area contributed by atoms with E-state index < -0.39 is 20.2 Å². The molecular formula is C20H15Fe2N4NaO6S2. The zero-order chi connectivity index (χ0) is 22.9. The van der Waals surface area contributed by atoms with Gasteiger partial charge in [0.25, 0.3) is 20.2 Å². The van der Waals surface area contributed by atoms with E-state index in [0.29, 0.717) is 22.5 Å². The van der Waals surface area contributed by atoms with Gasteiger partial charge in [0.05, 0.1) is 9.79 Å². The van der Waals surface area contributed by atoms with Crippen molar-refractivity contribution in [3.8, 4) is 34.0 Å². The topological polar surface area (TPSA) is 160 Å². The minimum atomic E-state index is -4.37. The zero-order valence-electron chi connectivity index (χ0n) is 16.8. The van der Waals surface area contributed by atoms with Crippen molar-refractivity contribution in [2.45, 2.75) is 9.79 Å². The molecule has 180 valence electrons. The molecule has 0 saturated heterocycles. The molecule has 2 heterocycles. The summed E-state index contributed by atoms with van der Waals surface area (Å²) in [6.07, 6.45) is 1.57. The van der Waals surface area contributed by atoms with E-state index in [0.717, 1.165) is 0 Å². The normalized spacial score (nSPS) is 10.9. The van der Waals surface area contributed by atoms with Gasteiger partial charge in [0, 0.05) is 51.5 Å². The molecule has 0 aliphatic heterocycles. The fourth-order valence-electron chi connectivity index (χ4n) is 2.89. The van der Waals surface area contributed by atoms with E-state index in [-0.39, 0.29) is 85.0 Å². The van der Waals surface area contributed by atoms with Crippen molar-refractivity contribution in [1.82, 2.24) is 20.2 Å². The Hall–Kier alpha value is -1.54. The second-order valence-corrected chi connectivity index (χ2v) is 9.39. The molecule has 2 aromatic heterocycles. The van der Waals surface area contributed by atoms with E-state index >= 15 is 0 Å². The van der Waals surface area contributed by atoms with Crippen LogP contribution in [-0.4, -0.2) is 75.7 Å². The minimum absolute atomic E-state index is 0. The maximum absolute atomic E-state index is 11.4. The number of nitrogens with zero attached hydrogens (tertiary/aromatic N) is 4. The summed E-state index contributed by atoms with van der Waals surface area (Å²) in [6, 6.07) is 15.8. The third kappa shape index (κ3) is 7.48. The fourth-order valence-corrected chi connectivity index (χ4v) is 3.85. The second kappa shape index (κ2) is 12.6. The first kappa shape index (κ1) is 31.5. The second-order valence-electron chi connectivity index (χ2n) is 6.55. The quantitative estimate of drug-likeness (QED) is 0.255. The first-order valence-corrected chi connectivity index (χ1v) is 11.8. The average molecular weight is 606 g/mol. The van der Waals surface area contributed by atoms with E-state index in [2.05, 4.69) is 20.2 Å². The molecule has 0 saturated carbocycles. The van der Waals surface area contributed by atoms with Crippen molar-refractivity contribution in [1.29, 1.82) is 0 Å². The third-order valence-corrected chi connectivity index (χ3v) is 6.17. The van der Waals surface area contributed by atoms with Crippen molar-refractivity contribution >= 4 is 49.8 Å². The molecule has 4 aromatic rings. The Labute approximate surface area is 244 Å². The molecule has 0 amide bonds. The molecular weight excluding hydrogens is 591 g/mol. The fraction of sp³-hybridized carbons (Fsp3) is 0. The molecule has 2 N–H and O–H groups in total. The van der Waals surface area contributed by atoms with Gasteiger partial charge < -0.3 is 0 Å². The van der Waals surface area contributed by atoms with Crippen LogP contribution in [0.4, 0.5) is 0 Å². The Morgan fingerprint density at radius 3 is 1.54 bits per heavy atom. The van der Waals surface area contributed by atoms with Gasteiger partial charge in [0.1, 0.15) is 17.1 Å². The van der Waals surface area contributed by atoms with Gasteiger partial charge in [-0.05, 0) is 36.4 Å². The molecule has 0 fully saturated rings. The molecule has 0 bridgehead atoms. The van der Waals surface area contributed by atoms with Crippen LogP contribution in [0, 0.1) is 0 Å². The van der Waals surface area contributed by atoms with E-state index in [1.807, 2.05) is 0 Å². The molecule has 10 nitrogen and oxygen atoms in total. The van der Waals surface area contributed by atoms with Crippen LogP contribution in [0.5, 0.6) is 0 Å². The van der Waals surface area contributed by atoms with Crippen LogP contribution in [0.25, 0.3) is 34.0 Å². The molecule has 15 heteroatoms. The van der Waals surface area contributed by atoms with Crippen LogP contribution >= 0.6 is 0 Å². The molecule has 0 aliphatic carbocycles. The van der Waals surface area contributed by atoms with Crippen LogP contribution < -0.4 is 0 Å². The SMILES string of the molecule is O=S(=O)(O)c1ccc(-c2nnc(-c3ccccn3)nc2-c2ccc(S(=O)(=O)O)cc2)cc1.[Fe].[Fe].[NaH]. The van der Waals surface area contributed by atoms with E-state index in [9.17, 15) is 25.9 Å². The van der Waals surface area contributed by atoms with Crippen molar-refractivity contribution in [3.63, 3.8) is 0 Å². The summed E-state index contributed by atoms with van der Waals surface area (Å²) < 4.78 is 63.8. The van der Waals surface area contributed by atoms with Gasteiger partial charge in [0.2, 0.25) is 5.82 Å². The third-order valence-electron chi connectivity index (χ3n) is 4.43. The molecule has 0 radical (unpaired) electrons. The van der Waals surface area contributed by atoms with Crippen molar-refractivity contribution in [3.05, 3.63) is 72.9 Å². The number of rotatable bonds is 5. The Bertz CT molecular complexity index is 1510. The van der Waals surface area contributed by atoms with E-state index in [1.54, 1.807) is 24.4 Å². The van der Waals surface area contributed by atoms with Crippen molar-refractivity contribution in [2.24, 2.45) is 0 Å². The Morgan fingerprint density at radius 2 is 1.11 bits per heavy atom. The summed E-state index contributed by atoms with van der Waals surface area (Å²) in [6.45, 7) is 0.